The van der Waals surface area contributed by atoms with Crippen LogP contribution in [-0.2, 0) is 19.5 Å². The number of hydrogen-bond donors (Lipinski definition) is 1. The zero-order chi connectivity index (χ0) is 13.7. The molecule has 0 saturated heterocycles. The third kappa shape index (κ3) is 3.91. The highest BCUT2D eigenvalue weighted by Gasteiger charge is 2.07. The van der Waals surface area contributed by atoms with Crippen molar-refractivity contribution in [3.8, 4) is 0 Å². The molecule has 1 N–H and O–H groups in total. The van der Waals surface area contributed by atoms with Gasteiger partial charge >= 0.3 is 0 Å². The molecule has 0 atom stereocenters. The van der Waals surface area contributed by atoms with Gasteiger partial charge in [0, 0.05) is 17.6 Å². The van der Waals surface area contributed by atoms with E-state index >= 15 is 0 Å². The van der Waals surface area contributed by atoms with E-state index in [1.165, 1.54) is 16.1 Å². The van der Waals surface area contributed by atoms with Gasteiger partial charge in [-0.15, -0.1) is 11.3 Å². The number of hydrogen-bond acceptors (Lipinski definition) is 3. The Balaban J connectivity index is 1.99. The highest BCUT2D eigenvalue weighted by Crippen LogP contribution is 2.19. The molecular weight excluding hydrogens is 254 g/mol. The Morgan fingerprint density at radius 3 is 3.00 bits per heavy atom. The first-order valence-corrected chi connectivity index (χ1v) is 7.83. The zero-order valence-electron chi connectivity index (χ0n) is 12.0. The first-order chi connectivity index (χ1) is 9.20. The standard InChI is InChI=1S/C15H23N3S/c1-4-13-5-6-19-15(13)10-18-11-17-9-14(18)8-16-7-12(2)3/h5-6,9,11-12,16H,4,7-8,10H2,1-3H3. The van der Waals surface area contributed by atoms with Gasteiger partial charge in [-0.05, 0) is 35.9 Å². The number of nitrogens with zero attached hydrogens (tertiary/aromatic N) is 2. The largest absolute Gasteiger partial charge is 0.328 e. The quantitative estimate of drug-likeness (QED) is 0.841. The topological polar surface area (TPSA) is 29.9 Å². The second kappa shape index (κ2) is 6.87. The summed E-state index contributed by atoms with van der Waals surface area (Å²) in [7, 11) is 0. The van der Waals surface area contributed by atoms with E-state index in [1.54, 1.807) is 0 Å². The van der Waals surface area contributed by atoms with Gasteiger partial charge in [-0.3, -0.25) is 0 Å². The van der Waals surface area contributed by atoms with Crippen molar-refractivity contribution in [3.05, 3.63) is 40.1 Å². The summed E-state index contributed by atoms with van der Waals surface area (Å²) in [6, 6.07) is 2.23. The monoisotopic (exact) mass is 277 g/mol. The van der Waals surface area contributed by atoms with Gasteiger partial charge in [0.1, 0.15) is 0 Å². The molecule has 0 spiro atoms. The average molecular weight is 277 g/mol. The molecule has 4 heteroatoms. The van der Waals surface area contributed by atoms with Gasteiger partial charge in [0.25, 0.3) is 0 Å². The van der Waals surface area contributed by atoms with Gasteiger partial charge in [0.2, 0.25) is 0 Å². The second-order valence-corrected chi connectivity index (χ2v) is 6.26. The molecule has 0 aliphatic carbocycles. The maximum Gasteiger partial charge on any atom is 0.0952 e. The lowest BCUT2D eigenvalue weighted by Gasteiger charge is -2.10. The van der Waals surface area contributed by atoms with Crippen molar-refractivity contribution in [1.82, 2.24) is 14.9 Å². The van der Waals surface area contributed by atoms with Gasteiger partial charge in [-0.25, -0.2) is 4.98 Å². The highest BCUT2D eigenvalue weighted by molar-refractivity contribution is 7.10. The normalized spacial score (nSPS) is 11.4. The molecule has 3 nitrogen and oxygen atoms in total. The summed E-state index contributed by atoms with van der Waals surface area (Å²) in [5.74, 6) is 0.681. The molecule has 104 valence electrons. The molecule has 2 rings (SSSR count). The summed E-state index contributed by atoms with van der Waals surface area (Å²) in [5.41, 5.74) is 2.72. The maximum atomic E-state index is 4.28. The molecule has 0 bridgehead atoms. The predicted octanol–water partition coefficient (Wildman–Crippen LogP) is 3.30. The molecular formula is C15H23N3S. The third-order valence-corrected chi connectivity index (χ3v) is 4.14. The van der Waals surface area contributed by atoms with Crippen LogP contribution >= 0.6 is 11.3 Å². The molecule has 19 heavy (non-hydrogen) atoms. The van der Waals surface area contributed by atoms with Crippen LogP contribution in [0.3, 0.4) is 0 Å². The maximum absolute atomic E-state index is 4.28. The van der Waals surface area contributed by atoms with E-state index < -0.39 is 0 Å². The van der Waals surface area contributed by atoms with Crippen molar-refractivity contribution < 1.29 is 0 Å². The number of imidazole rings is 1. The van der Waals surface area contributed by atoms with E-state index in [9.17, 15) is 0 Å². The van der Waals surface area contributed by atoms with Gasteiger partial charge < -0.3 is 9.88 Å². The third-order valence-electron chi connectivity index (χ3n) is 3.19. The fourth-order valence-electron chi connectivity index (χ4n) is 2.10. The van der Waals surface area contributed by atoms with E-state index in [0.717, 1.165) is 26.1 Å². The Morgan fingerprint density at radius 2 is 2.26 bits per heavy atom. The first kappa shape index (κ1) is 14.3. The van der Waals surface area contributed by atoms with Gasteiger partial charge in [0.05, 0.1) is 18.6 Å². The lowest BCUT2D eigenvalue weighted by atomic mass is 10.2. The molecule has 2 aromatic rings. The van der Waals surface area contributed by atoms with Crippen LogP contribution in [0, 0.1) is 5.92 Å². The summed E-state index contributed by atoms with van der Waals surface area (Å²) in [5, 5.41) is 5.66. The number of aromatic nitrogens is 2. The van der Waals surface area contributed by atoms with Crippen LogP contribution in [0.15, 0.2) is 24.0 Å². The molecule has 0 fully saturated rings. The highest BCUT2D eigenvalue weighted by atomic mass is 32.1. The first-order valence-electron chi connectivity index (χ1n) is 6.95. The Bertz CT molecular complexity index is 499. The SMILES string of the molecule is CCc1ccsc1Cn1cncc1CNCC(C)C. The minimum Gasteiger partial charge on any atom is -0.328 e. The molecule has 0 radical (unpaired) electrons. The predicted molar refractivity (Wildman–Crippen MR) is 81.6 cm³/mol. The summed E-state index contributed by atoms with van der Waals surface area (Å²) in [6.07, 6.45) is 5.01. The van der Waals surface area contributed by atoms with Crippen LogP contribution in [0.4, 0.5) is 0 Å². The van der Waals surface area contributed by atoms with Crippen molar-refractivity contribution in [2.75, 3.05) is 6.54 Å². The molecule has 2 aromatic heterocycles. The molecule has 0 unspecified atom stereocenters. The Morgan fingerprint density at radius 1 is 1.42 bits per heavy atom. The van der Waals surface area contributed by atoms with E-state index in [-0.39, 0.29) is 0 Å². The number of rotatable bonds is 7. The molecule has 0 aliphatic rings. The average Bonchev–Trinajstić information content (AvgIpc) is 2.99. The summed E-state index contributed by atoms with van der Waals surface area (Å²) >= 11 is 1.84. The van der Waals surface area contributed by atoms with Crippen LogP contribution in [0.5, 0.6) is 0 Å². The minimum absolute atomic E-state index is 0.681. The van der Waals surface area contributed by atoms with Crippen molar-refractivity contribution >= 4 is 11.3 Å². The Kier molecular flexibility index (Phi) is 5.16. The molecule has 0 saturated carbocycles. The fraction of sp³-hybridized carbons (Fsp3) is 0.533. The lowest BCUT2D eigenvalue weighted by Crippen LogP contribution is -2.20. The number of nitrogens with one attached hydrogen (secondary N) is 1. The van der Waals surface area contributed by atoms with Gasteiger partial charge in [0.15, 0.2) is 0 Å². The Labute approximate surface area is 119 Å². The summed E-state index contributed by atoms with van der Waals surface area (Å²) in [6.45, 7) is 9.55. The summed E-state index contributed by atoms with van der Waals surface area (Å²) in [4.78, 5) is 5.73. The molecule has 2 heterocycles. The van der Waals surface area contributed by atoms with Crippen molar-refractivity contribution in [1.29, 1.82) is 0 Å². The van der Waals surface area contributed by atoms with E-state index in [1.807, 2.05) is 23.9 Å². The van der Waals surface area contributed by atoms with Crippen LogP contribution in [0.2, 0.25) is 0 Å². The van der Waals surface area contributed by atoms with Gasteiger partial charge in [-0.1, -0.05) is 20.8 Å². The molecule has 0 amide bonds. The van der Waals surface area contributed by atoms with Crippen LogP contribution < -0.4 is 5.32 Å². The number of thiophene rings is 1. The minimum atomic E-state index is 0.681. The van der Waals surface area contributed by atoms with Crippen molar-refractivity contribution in [3.63, 3.8) is 0 Å². The summed E-state index contributed by atoms with van der Waals surface area (Å²) < 4.78 is 2.25. The van der Waals surface area contributed by atoms with E-state index in [4.69, 9.17) is 0 Å². The van der Waals surface area contributed by atoms with Gasteiger partial charge in [-0.2, -0.15) is 0 Å². The van der Waals surface area contributed by atoms with E-state index in [0.29, 0.717) is 5.92 Å². The number of aryl methyl sites for hydroxylation is 1. The van der Waals surface area contributed by atoms with Crippen LogP contribution in [-0.4, -0.2) is 16.1 Å². The smallest absolute Gasteiger partial charge is 0.0952 e. The van der Waals surface area contributed by atoms with E-state index in [2.05, 4.69) is 47.1 Å². The molecule has 0 aromatic carbocycles. The van der Waals surface area contributed by atoms with Crippen LogP contribution in [0.25, 0.3) is 0 Å². The van der Waals surface area contributed by atoms with Crippen molar-refractivity contribution in [2.45, 2.75) is 40.3 Å². The fourth-order valence-corrected chi connectivity index (χ4v) is 3.08. The van der Waals surface area contributed by atoms with Crippen LogP contribution in [0.1, 0.15) is 36.9 Å². The molecule has 0 aliphatic heterocycles. The second-order valence-electron chi connectivity index (χ2n) is 5.26. The van der Waals surface area contributed by atoms with Crippen molar-refractivity contribution in [2.24, 2.45) is 5.92 Å². The lowest BCUT2D eigenvalue weighted by molar-refractivity contribution is 0.539. The Hall–Kier alpha value is -1.13. The zero-order valence-corrected chi connectivity index (χ0v) is 12.8.